The molecule has 0 aliphatic rings. The first-order chi connectivity index (χ1) is 9.04. The molecule has 1 unspecified atom stereocenters. The van der Waals surface area contributed by atoms with E-state index in [1.807, 2.05) is 6.92 Å². The number of hydrogen-bond donors (Lipinski definition) is 2. The molecule has 0 heterocycles. The van der Waals surface area contributed by atoms with Gasteiger partial charge >= 0.3 is 0 Å². The third-order valence-electron chi connectivity index (χ3n) is 2.90. The number of hydrogen-bond acceptors (Lipinski definition) is 3. The molecule has 1 amide bonds. The Labute approximate surface area is 113 Å². The normalized spacial score (nSPS) is 12.2. The molecular weight excluding hydrogens is 247 g/mol. The number of amides is 1. The molecule has 0 spiro atoms. The molecule has 2 N–H and O–H groups in total. The van der Waals surface area contributed by atoms with Crippen molar-refractivity contribution in [2.45, 2.75) is 26.4 Å². The lowest BCUT2D eigenvalue weighted by atomic mass is 10.1. The lowest BCUT2D eigenvalue weighted by molar-refractivity contribution is -0.122. The smallest absolute Gasteiger partial charge is 0.236 e. The fourth-order valence-electron chi connectivity index (χ4n) is 1.64. The van der Waals surface area contributed by atoms with Crippen LogP contribution in [0.3, 0.4) is 0 Å². The lowest BCUT2D eigenvalue weighted by Gasteiger charge is -2.15. The molecule has 0 aliphatic heterocycles. The summed E-state index contributed by atoms with van der Waals surface area (Å²) in [5, 5.41) is 5.87. The number of carbonyl (C=O) groups excluding carboxylic acids is 1. The zero-order chi connectivity index (χ0) is 14.3. The number of halogens is 1. The molecule has 1 aromatic rings. The number of carbonyl (C=O) groups is 1. The molecule has 0 bridgehead atoms. The molecule has 0 saturated heterocycles. The van der Waals surface area contributed by atoms with Gasteiger partial charge in [0.15, 0.2) is 0 Å². The quantitative estimate of drug-likeness (QED) is 0.734. The van der Waals surface area contributed by atoms with Crippen molar-refractivity contribution >= 4 is 5.91 Å². The zero-order valence-electron chi connectivity index (χ0n) is 11.6. The van der Waals surface area contributed by atoms with Crippen LogP contribution in [0.25, 0.3) is 0 Å². The Kier molecular flexibility index (Phi) is 6.45. The number of ether oxygens (including phenoxy) is 1. The summed E-state index contributed by atoms with van der Waals surface area (Å²) < 4.78 is 17.8. The standard InChI is InChI=1S/C14H21FN2O2/c1-10-8-13(15)5-4-12(10)9-17-11(2)14(18)16-6-7-19-3/h4-5,8,11,17H,6-7,9H2,1-3H3,(H,16,18). The van der Waals surface area contributed by atoms with Gasteiger partial charge in [0.25, 0.3) is 0 Å². The number of rotatable bonds is 7. The molecular formula is C14H21FN2O2. The Morgan fingerprint density at radius 2 is 2.21 bits per heavy atom. The van der Waals surface area contributed by atoms with Crippen LogP contribution in [0.15, 0.2) is 18.2 Å². The van der Waals surface area contributed by atoms with Crippen LogP contribution in [-0.4, -0.2) is 32.2 Å². The van der Waals surface area contributed by atoms with E-state index in [1.165, 1.54) is 12.1 Å². The summed E-state index contributed by atoms with van der Waals surface area (Å²) in [5.74, 6) is -0.316. The van der Waals surface area contributed by atoms with E-state index in [4.69, 9.17) is 4.74 Å². The molecule has 0 aromatic heterocycles. The maximum atomic E-state index is 13.0. The average molecular weight is 268 g/mol. The van der Waals surface area contributed by atoms with Gasteiger partial charge in [-0.25, -0.2) is 4.39 Å². The number of methoxy groups -OCH3 is 1. The number of nitrogens with one attached hydrogen (secondary N) is 2. The second-order valence-electron chi connectivity index (χ2n) is 4.46. The largest absolute Gasteiger partial charge is 0.383 e. The molecule has 5 heteroatoms. The molecule has 0 aliphatic carbocycles. The average Bonchev–Trinajstić information content (AvgIpc) is 2.37. The minimum absolute atomic E-state index is 0.0724. The van der Waals surface area contributed by atoms with Gasteiger partial charge in [0.2, 0.25) is 5.91 Å². The van der Waals surface area contributed by atoms with Gasteiger partial charge in [-0.05, 0) is 37.1 Å². The maximum Gasteiger partial charge on any atom is 0.236 e. The van der Waals surface area contributed by atoms with Crippen LogP contribution in [0.1, 0.15) is 18.1 Å². The van der Waals surface area contributed by atoms with Gasteiger partial charge in [0.1, 0.15) is 5.82 Å². The van der Waals surface area contributed by atoms with Crippen LogP contribution in [0.2, 0.25) is 0 Å². The SMILES string of the molecule is COCCNC(=O)C(C)NCc1ccc(F)cc1C. The minimum atomic E-state index is -0.304. The van der Waals surface area contributed by atoms with E-state index in [-0.39, 0.29) is 17.8 Å². The highest BCUT2D eigenvalue weighted by molar-refractivity contribution is 5.81. The molecule has 1 aromatic carbocycles. The summed E-state index contributed by atoms with van der Waals surface area (Å²) in [6, 6.07) is 4.34. The van der Waals surface area contributed by atoms with Gasteiger partial charge in [-0.3, -0.25) is 4.79 Å². The van der Waals surface area contributed by atoms with Crippen LogP contribution in [0.5, 0.6) is 0 Å². The van der Waals surface area contributed by atoms with Crippen molar-refractivity contribution in [2.24, 2.45) is 0 Å². The van der Waals surface area contributed by atoms with E-state index >= 15 is 0 Å². The van der Waals surface area contributed by atoms with Crippen LogP contribution in [0.4, 0.5) is 4.39 Å². The Bertz CT molecular complexity index is 424. The van der Waals surface area contributed by atoms with Gasteiger partial charge in [-0.1, -0.05) is 6.07 Å². The summed E-state index contributed by atoms with van der Waals surface area (Å²) in [7, 11) is 1.59. The fraction of sp³-hybridized carbons (Fsp3) is 0.500. The Hall–Kier alpha value is -1.46. The predicted molar refractivity (Wildman–Crippen MR) is 72.3 cm³/mol. The van der Waals surface area contributed by atoms with Crippen molar-refractivity contribution in [3.8, 4) is 0 Å². The highest BCUT2D eigenvalue weighted by Crippen LogP contribution is 2.09. The van der Waals surface area contributed by atoms with E-state index in [9.17, 15) is 9.18 Å². The summed E-state index contributed by atoms with van der Waals surface area (Å²) in [5.41, 5.74) is 1.86. The predicted octanol–water partition coefficient (Wildman–Crippen LogP) is 1.37. The third-order valence-corrected chi connectivity index (χ3v) is 2.90. The molecule has 0 radical (unpaired) electrons. The lowest BCUT2D eigenvalue weighted by Crippen LogP contribution is -2.42. The fourth-order valence-corrected chi connectivity index (χ4v) is 1.64. The van der Waals surface area contributed by atoms with Crippen LogP contribution in [-0.2, 0) is 16.1 Å². The molecule has 1 rings (SSSR count). The van der Waals surface area contributed by atoms with E-state index in [2.05, 4.69) is 10.6 Å². The molecule has 1 atom stereocenters. The molecule has 4 nitrogen and oxygen atoms in total. The Morgan fingerprint density at radius 3 is 2.84 bits per heavy atom. The minimum Gasteiger partial charge on any atom is -0.383 e. The zero-order valence-corrected chi connectivity index (χ0v) is 11.6. The molecule has 0 fully saturated rings. The third kappa shape index (κ3) is 5.36. The maximum absolute atomic E-state index is 13.0. The summed E-state index contributed by atoms with van der Waals surface area (Å²) in [4.78, 5) is 11.7. The monoisotopic (exact) mass is 268 g/mol. The van der Waals surface area contributed by atoms with Crippen molar-refractivity contribution in [1.82, 2.24) is 10.6 Å². The van der Waals surface area contributed by atoms with Crippen molar-refractivity contribution in [2.75, 3.05) is 20.3 Å². The number of benzene rings is 1. The number of aryl methyl sites for hydroxylation is 1. The van der Waals surface area contributed by atoms with Crippen molar-refractivity contribution in [1.29, 1.82) is 0 Å². The Balaban J connectivity index is 2.40. The first-order valence-electron chi connectivity index (χ1n) is 6.29. The van der Waals surface area contributed by atoms with Gasteiger partial charge in [-0.15, -0.1) is 0 Å². The second kappa shape index (κ2) is 7.86. The summed E-state index contributed by atoms with van der Waals surface area (Å²) in [6.07, 6.45) is 0. The highest BCUT2D eigenvalue weighted by Gasteiger charge is 2.11. The van der Waals surface area contributed by atoms with Crippen LogP contribution in [0, 0.1) is 12.7 Å². The van der Waals surface area contributed by atoms with Gasteiger partial charge in [-0.2, -0.15) is 0 Å². The first kappa shape index (κ1) is 15.6. The van der Waals surface area contributed by atoms with Crippen molar-refractivity contribution < 1.29 is 13.9 Å². The van der Waals surface area contributed by atoms with E-state index < -0.39 is 0 Å². The van der Waals surface area contributed by atoms with Gasteiger partial charge in [0.05, 0.1) is 12.6 Å². The molecule has 19 heavy (non-hydrogen) atoms. The van der Waals surface area contributed by atoms with Crippen LogP contribution < -0.4 is 10.6 Å². The molecule has 106 valence electrons. The summed E-state index contributed by atoms with van der Waals surface area (Å²) in [6.45, 7) is 5.17. The molecule has 0 saturated carbocycles. The van der Waals surface area contributed by atoms with Crippen molar-refractivity contribution in [3.05, 3.63) is 35.1 Å². The highest BCUT2D eigenvalue weighted by atomic mass is 19.1. The van der Waals surface area contributed by atoms with Gasteiger partial charge in [0, 0.05) is 20.2 Å². The van der Waals surface area contributed by atoms with Gasteiger partial charge < -0.3 is 15.4 Å². The van der Waals surface area contributed by atoms with E-state index in [1.54, 1.807) is 20.1 Å². The van der Waals surface area contributed by atoms with E-state index in [0.717, 1.165) is 11.1 Å². The van der Waals surface area contributed by atoms with Crippen molar-refractivity contribution in [3.63, 3.8) is 0 Å². The second-order valence-corrected chi connectivity index (χ2v) is 4.46. The summed E-state index contributed by atoms with van der Waals surface area (Å²) >= 11 is 0. The Morgan fingerprint density at radius 1 is 1.47 bits per heavy atom. The van der Waals surface area contributed by atoms with Crippen LogP contribution >= 0.6 is 0 Å². The first-order valence-corrected chi connectivity index (χ1v) is 6.29. The van der Waals surface area contributed by atoms with E-state index in [0.29, 0.717) is 19.7 Å². The topological polar surface area (TPSA) is 50.4 Å².